The van der Waals surface area contributed by atoms with Crippen LogP contribution in [-0.2, 0) is 0 Å². The van der Waals surface area contributed by atoms with Gasteiger partial charge in [0.25, 0.3) is 11.8 Å². The number of rotatable bonds is 5. The molecule has 182 valence electrons. The molecule has 0 unspecified atom stereocenters. The number of likely N-dealkylation sites (tertiary alicyclic amines) is 1. The lowest BCUT2D eigenvalue weighted by Crippen LogP contribution is -2.37. The lowest BCUT2D eigenvalue weighted by molar-refractivity contribution is 0.0704. The molecule has 3 aromatic rings. The SMILES string of the molecule is O=C(NC1CCCCCC1)c1ccc(-c2noc(C3CCN(C(=O)c4ccccc4)CC3)n2)cc1. The zero-order valence-corrected chi connectivity index (χ0v) is 20.0. The molecule has 0 bridgehead atoms. The maximum Gasteiger partial charge on any atom is 0.253 e. The topological polar surface area (TPSA) is 88.3 Å². The second kappa shape index (κ2) is 10.8. The summed E-state index contributed by atoms with van der Waals surface area (Å²) in [6.07, 6.45) is 8.61. The van der Waals surface area contributed by atoms with Crippen LogP contribution in [-0.4, -0.2) is 46.0 Å². The van der Waals surface area contributed by atoms with E-state index in [1.165, 1.54) is 25.7 Å². The zero-order valence-electron chi connectivity index (χ0n) is 20.0. The Morgan fingerprint density at radius 1 is 0.829 bits per heavy atom. The molecule has 1 aliphatic carbocycles. The fraction of sp³-hybridized carbons (Fsp3) is 0.429. The van der Waals surface area contributed by atoms with Gasteiger partial charge in [-0.25, -0.2) is 0 Å². The highest BCUT2D eigenvalue weighted by molar-refractivity contribution is 5.95. The van der Waals surface area contributed by atoms with Gasteiger partial charge in [-0.1, -0.05) is 61.2 Å². The molecule has 1 saturated carbocycles. The number of carbonyl (C=O) groups is 2. The predicted octanol–water partition coefficient (Wildman–Crippen LogP) is 5.21. The summed E-state index contributed by atoms with van der Waals surface area (Å²) < 4.78 is 5.59. The molecule has 0 spiro atoms. The fourth-order valence-electron chi connectivity index (χ4n) is 5.07. The van der Waals surface area contributed by atoms with Crippen LogP contribution < -0.4 is 5.32 Å². The van der Waals surface area contributed by atoms with Gasteiger partial charge in [0.15, 0.2) is 0 Å². The number of carbonyl (C=O) groups excluding carboxylic acids is 2. The average molecular weight is 473 g/mol. The molecule has 7 nitrogen and oxygen atoms in total. The van der Waals surface area contributed by atoms with E-state index >= 15 is 0 Å². The molecule has 2 fully saturated rings. The van der Waals surface area contributed by atoms with E-state index in [2.05, 4.69) is 15.5 Å². The van der Waals surface area contributed by atoms with Crippen LogP contribution in [0.1, 0.15) is 83.9 Å². The number of nitrogens with one attached hydrogen (secondary N) is 1. The first-order valence-electron chi connectivity index (χ1n) is 12.8. The second-order valence-corrected chi connectivity index (χ2v) is 9.63. The molecule has 5 rings (SSSR count). The molecule has 7 heteroatoms. The standard InChI is InChI=1S/C28H32N4O3/c33-26(29-24-10-6-1-2-7-11-24)21-14-12-20(13-15-21)25-30-27(35-31-25)22-16-18-32(19-17-22)28(34)23-8-4-3-5-9-23/h3-5,8-9,12-15,22,24H,1-2,6-7,10-11,16-19H2,(H,29,33). The molecule has 35 heavy (non-hydrogen) atoms. The van der Waals surface area contributed by atoms with Crippen molar-refractivity contribution in [1.82, 2.24) is 20.4 Å². The Morgan fingerprint density at radius 3 is 2.20 bits per heavy atom. The highest BCUT2D eigenvalue weighted by Gasteiger charge is 2.28. The maximum atomic E-state index is 12.7. The van der Waals surface area contributed by atoms with Crippen molar-refractivity contribution in [3.8, 4) is 11.4 Å². The minimum atomic E-state index is -0.0194. The Morgan fingerprint density at radius 2 is 1.51 bits per heavy atom. The molecule has 0 atom stereocenters. The van der Waals surface area contributed by atoms with Crippen molar-refractivity contribution in [3.05, 3.63) is 71.6 Å². The van der Waals surface area contributed by atoms with Crippen LogP contribution in [0.5, 0.6) is 0 Å². The highest BCUT2D eigenvalue weighted by Crippen LogP contribution is 2.29. The van der Waals surface area contributed by atoms with Gasteiger partial charge in [-0.15, -0.1) is 0 Å². The van der Waals surface area contributed by atoms with E-state index in [9.17, 15) is 9.59 Å². The first-order valence-corrected chi connectivity index (χ1v) is 12.8. The summed E-state index contributed by atoms with van der Waals surface area (Å²) in [5.74, 6) is 1.33. The van der Waals surface area contributed by atoms with E-state index in [1.807, 2.05) is 59.5 Å². The van der Waals surface area contributed by atoms with Crippen molar-refractivity contribution >= 4 is 11.8 Å². The van der Waals surface area contributed by atoms with Crippen LogP contribution in [0.2, 0.25) is 0 Å². The van der Waals surface area contributed by atoms with E-state index in [1.54, 1.807) is 0 Å². The van der Waals surface area contributed by atoms with Gasteiger partial charge < -0.3 is 14.7 Å². The highest BCUT2D eigenvalue weighted by atomic mass is 16.5. The third-order valence-electron chi connectivity index (χ3n) is 7.19. The minimum absolute atomic E-state index is 0.0194. The van der Waals surface area contributed by atoms with E-state index in [4.69, 9.17) is 4.52 Å². The van der Waals surface area contributed by atoms with E-state index < -0.39 is 0 Å². The summed E-state index contributed by atoms with van der Waals surface area (Å²) in [6.45, 7) is 1.34. The van der Waals surface area contributed by atoms with Crippen LogP contribution >= 0.6 is 0 Å². The van der Waals surface area contributed by atoms with Crippen molar-refractivity contribution in [3.63, 3.8) is 0 Å². The van der Waals surface area contributed by atoms with Crippen molar-refractivity contribution < 1.29 is 14.1 Å². The van der Waals surface area contributed by atoms with E-state index in [0.29, 0.717) is 30.4 Å². The number of hydrogen-bond acceptors (Lipinski definition) is 5. The Kier molecular flexibility index (Phi) is 7.21. The first kappa shape index (κ1) is 23.3. The van der Waals surface area contributed by atoms with Gasteiger partial charge in [0.05, 0.1) is 0 Å². The molecule has 2 aromatic carbocycles. The third kappa shape index (κ3) is 5.61. The van der Waals surface area contributed by atoms with E-state index in [0.717, 1.165) is 36.8 Å². The molecule has 1 saturated heterocycles. The molecular weight excluding hydrogens is 440 g/mol. The molecule has 2 aliphatic rings. The number of aromatic nitrogens is 2. The third-order valence-corrected chi connectivity index (χ3v) is 7.19. The number of amides is 2. The normalized spacial score (nSPS) is 17.7. The fourth-order valence-corrected chi connectivity index (χ4v) is 5.07. The van der Waals surface area contributed by atoms with Crippen molar-refractivity contribution in [1.29, 1.82) is 0 Å². The molecule has 2 heterocycles. The van der Waals surface area contributed by atoms with Gasteiger partial charge >= 0.3 is 0 Å². The van der Waals surface area contributed by atoms with Gasteiger partial charge in [0, 0.05) is 41.7 Å². The Bertz CT molecular complexity index is 1130. The Labute approximate surface area is 205 Å². The molecular formula is C28H32N4O3. The van der Waals surface area contributed by atoms with Crippen LogP contribution in [0.3, 0.4) is 0 Å². The summed E-state index contributed by atoms with van der Waals surface area (Å²) in [7, 11) is 0. The Hall–Kier alpha value is -3.48. The van der Waals surface area contributed by atoms with Crippen LogP contribution in [0, 0.1) is 0 Å². The summed E-state index contributed by atoms with van der Waals surface area (Å²) in [5.41, 5.74) is 2.19. The summed E-state index contributed by atoms with van der Waals surface area (Å²) in [4.78, 5) is 31.9. The lowest BCUT2D eigenvalue weighted by atomic mass is 9.96. The monoisotopic (exact) mass is 472 g/mol. The van der Waals surface area contributed by atoms with Crippen LogP contribution in [0.15, 0.2) is 59.1 Å². The van der Waals surface area contributed by atoms with Gasteiger partial charge in [-0.3, -0.25) is 9.59 Å². The van der Waals surface area contributed by atoms with Crippen molar-refractivity contribution in [2.75, 3.05) is 13.1 Å². The van der Waals surface area contributed by atoms with Crippen molar-refractivity contribution in [2.45, 2.75) is 63.3 Å². The minimum Gasteiger partial charge on any atom is -0.349 e. The van der Waals surface area contributed by atoms with Gasteiger partial charge in [-0.2, -0.15) is 4.98 Å². The second-order valence-electron chi connectivity index (χ2n) is 9.63. The first-order chi connectivity index (χ1) is 17.2. The molecule has 2 amide bonds. The summed E-state index contributed by atoms with van der Waals surface area (Å²) in [5, 5.41) is 7.36. The molecule has 0 radical (unpaired) electrons. The number of nitrogens with zero attached hydrogens (tertiary/aromatic N) is 3. The van der Waals surface area contributed by atoms with Crippen LogP contribution in [0.25, 0.3) is 11.4 Å². The number of benzene rings is 2. The average Bonchev–Trinajstić information content (AvgIpc) is 3.27. The van der Waals surface area contributed by atoms with Crippen LogP contribution in [0.4, 0.5) is 0 Å². The molecule has 1 aliphatic heterocycles. The zero-order chi connectivity index (χ0) is 24.0. The lowest BCUT2D eigenvalue weighted by Gasteiger charge is -2.30. The van der Waals surface area contributed by atoms with Crippen molar-refractivity contribution in [2.24, 2.45) is 0 Å². The maximum absolute atomic E-state index is 12.7. The Balaban J connectivity index is 1.17. The number of hydrogen-bond donors (Lipinski definition) is 1. The van der Waals surface area contributed by atoms with Gasteiger partial charge in [0.2, 0.25) is 11.7 Å². The molecule has 1 N–H and O–H groups in total. The largest absolute Gasteiger partial charge is 0.349 e. The number of piperidine rings is 1. The quantitative estimate of drug-likeness (QED) is 0.515. The van der Waals surface area contributed by atoms with E-state index in [-0.39, 0.29) is 23.8 Å². The summed E-state index contributed by atoms with van der Waals surface area (Å²) >= 11 is 0. The smallest absolute Gasteiger partial charge is 0.253 e. The summed E-state index contributed by atoms with van der Waals surface area (Å²) in [6, 6.07) is 17.1. The van der Waals surface area contributed by atoms with Gasteiger partial charge in [-0.05, 0) is 49.9 Å². The predicted molar refractivity (Wildman–Crippen MR) is 133 cm³/mol. The van der Waals surface area contributed by atoms with Gasteiger partial charge in [0.1, 0.15) is 0 Å². The molecule has 1 aromatic heterocycles.